The minimum Gasteiger partial charge on any atom is -0.479 e. The molecule has 0 radical (unpaired) electrons. The van der Waals surface area contributed by atoms with Crippen LogP contribution in [0.15, 0.2) is 24.8 Å². The predicted octanol–water partition coefficient (Wildman–Crippen LogP) is 18.3. The van der Waals surface area contributed by atoms with Gasteiger partial charge in [-0.05, 0) is 29.5 Å². The summed E-state index contributed by atoms with van der Waals surface area (Å²) in [5.41, 5.74) is 1.52. The van der Waals surface area contributed by atoms with E-state index in [-0.39, 0.29) is 24.6 Å². The van der Waals surface area contributed by atoms with E-state index in [9.17, 15) is 5.11 Å². The molecule has 0 saturated carbocycles. The molecule has 0 amide bonds. The van der Waals surface area contributed by atoms with Gasteiger partial charge in [-0.1, -0.05) is 248 Å². The van der Waals surface area contributed by atoms with Crippen molar-refractivity contribution in [2.75, 3.05) is 39.6 Å². The van der Waals surface area contributed by atoms with Crippen LogP contribution in [0.25, 0.3) is 9.69 Å². The van der Waals surface area contributed by atoms with E-state index in [0.29, 0.717) is 54.6 Å². The van der Waals surface area contributed by atoms with Crippen LogP contribution in [0.4, 0.5) is 11.9 Å². The number of ether oxygens (including phenoxy) is 4. The zero-order valence-electron chi connectivity index (χ0n) is 48.7. The highest BCUT2D eigenvalue weighted by Gasteiger charge is 2.45. The van der Waals surface area contributed by atoms with Crippen LogP contribution >= 0.6 is 0 Å². The molecule has 1 N–H and O–H groups in total. The van der Waals surface area contributed by atoms with Gasteiger partial charge in [0.05, 0.1) is 26.4 Å². The standard InChI is InChI=1S/C35H65N3O3Si.C26H45N3O3/c1-9-10-11-12-13-14-15-16-17-18-19-20-21-22-23-24-25-39-28-34(41-33-26-37-35(36-8)38-27-33)29-40-42(30(2)3,31(4)5)32(6)7;1-3-4-5-6-7-8-9-10-11-12-13-14-15-16-17-18-19-31-23-25(22-30)32-24-20-28-26(27-2)29-21-24/h26-27,30-32,34H,9-25,28-29H2,1-7H3;20-21,25,30H,3-19,22-23H2,1H3/t34-;25-/m10/s1. The van der Waals surface area contributed by atoms with Gasteiger partial charge in [-0.25, -0.2) is 0 Å². The lowest BCUT2D eigenvalue weighted by Crippen LogP contribution is -2.50. The first-order chi connectivity index (χ1) is 36.1. The fraction of sp³-hybridized carbons (Fsp3) is 0.836. The van der Waals surface area contributed by atoms with Crippen molar-refractivity contribution in [2.45, 2.75) is 290 Å². The number of aliphatic hydroxyl groups is 1. The number of hydrogen-bond acceptors (Lipinski definition) is 10. The molecule has 12 nitrogen and oxygen atoms in total. The van der Waals surface area contributed by atoms with Crippen LogP contribution in [-0.2, 0) is 13.9 Å². The normalized spacial score (nSPS) is 12.4. The summed E-state index contributed by atoms with van der Waals surface area (Å²) in [7, 11) is -2.02. The number of aliphatic hydroxyl groups excluding tert-OH is 1. The predicted molar refractivity (Wildman–Crippen MR) is 310 cm³/mol. The summed E-state index contributed by atoms with van der Waals surface area (Å²) in [4.78, 5) is 22.3. The molecule has 13 heteroatoms. The molecule has 0 spiro atoms. The quantitative estimate of drug-likeness (QED) is 0.0389. The van der Waals surface area contributed by atoms with Crippen molar-refractivity contribution in [3.8, 4) is 11.5 Å². The number of aromatic nitrogens is 4. The zero-order chi connectivity index (χ0) is 54.2. The Morgan fingerprint density at radius 2 is 0.689 bits per heavy atom. The van der Waals surface area contributed by atoms with E-state index in [1.165, 1.54) is 205 Å². The maximum absolute atomic E-state index is 9.44. The Labute approximate surface area is 455 Å². The molecular formula is C61H110N6O6Si. The molecule has 0 bridgehead atoms. The summed E-state index contributed by atoms with van der Waals surface area (Å²) >= 11 is 0. The Morgan fingerprint density at radius 1 is 0.419 bits per heavy atom. The molecule has 424 valence electrons. The van der Waals surface area contributed by atoms with Crippen molar-refractivity contribution < 1.29 is 28.5 Å². The summed E-state index contributed by atoms with van der Waals surface area (Å²) in [6.07, 6.45) is 48.9. The summed E-state index contributed by atoms with van der Waals surface area (Å²) < 4.78 is 30.4. The van der Waals surface area contributed by atoms with E-state index < -0.39 is 14.4 Å². The number of nitrogens with zero attached hydrogens (tertiary/aromatic N) is 6. The molecule has 2 atom stereocenters. The molecule has 0 unspecified atom stereocenters. The van der Waals surface area contributed by atoms with E-state index >= 15 is 0 Å². The van der Waals surface area contributed by atoms with Crippen molar-refractivity contribution in [1.82, 2.24) is 19.9 Å². The third kappa shape index (κ3) is 35.2. The second kappa shape index (κ2) is 48.2. The molecule has 0 aliphatic rings. The second-order valence-corrected chi connectivity index (χ2v) is 27.2. The molecule has 0 aliphatic heterocycles. The Balaban J connectivity index is 0.000000768. The van der Waals surface area contributed by atoms with Gasteiger partial charge < -0.3 is 38.2 Å². The average Bonchev–Trinajstić information content (AvgIpc) is 3.40. The lowest BCUT2D eigenvalue weighted by Gasteiger charge is -2.42. The molecule has 2 heterocycles. The molecule has 0 fully saturated rings. The first kappa shape index (κ1) is 68.8. The number of unbranched alkanes of at least 4 members (excludes halogenated alkanes) is 30. The van der Waals surface area contributed by atoms with Crippen molar-refractivity contribution in [3.63, 3.8) is 0 Å². The zero-order valence-corrected chi connectivity index (χ0v) is 49.7. The first-order valence-corrected chi connectivity index (χ1v) is 32.3. The minimum atomic E-state index is -2.02. The van der Waals surface area contributed by atoms with Crippen molar-refractivity contribution in [2.24, 2.45) is 0 Å². The van der Waals surface area contributed by atoms with Gasteiger partial charge >= 0.3 is 11.9 Å². The third-order valence-electron chi connectivity index (χ3n) is 14.4. The maximum Gasteiger partial charge on any atom is 0.371 e. The molecule has 2 aromatic heterocycles. The Bertz CT molecular complexity index is 1600. The average molecular weight is 1050 g/mol. The van der Waals surface area contributed by atoms with Gasteiger partial charge in [-0.2, -0.15) is 19.9 Å². The van der Waals surface area contributed by atoms with E-state index in [1.54, 1.807) is 12.4 Å². The van der Waals surface area contributed by atoms with Crippen molar-refractivity contribution in [1.29, 1.82) is 0 Å². The highest BCUT2D eigenvalue weighted by Crippen LogP contribution is 2.42. The summed E-state index contributed by atoms with van der Waals surface area (Å²) in [5, 5.41) is 9.44. The highest BCUT2D eigenvalue weighted by atomic mass is 28.4. The summed E-state index contributed by atoms with van der Waals surface area (Å²) in [6.45, 7) is 34.9. The first-order valence-electron chi connectivity index (χ1n) is 30.2. The van der Waals surface area contributed by atoms with E-state index in [1.807, 2.05) is 0 Å². The van der Waals surface area contributed by atoms with E-state index in [2.05, 4.69) is 85.0 Å². The van der Waals surface area contributed by atoms with Crippen LogP contribution in [0.3, 0.4) is 0 Å². The van der Waals surface area contributed by atoms with Gasteiger partial charge in [0.1, 0.15) is 37.0 Å². The maximum atomic E-state index is 9.44. The molecule has 2 aromatic rings. The van der Waals surface area contributed by atoms with Gasteiger partial charge in [0, 0.05) is 13.2 Å². The van der Waals surface area contributed by atoms with Crippen LogP contribution in [-0.4, -0.2) is 85.2 Å². The van der Waals surface area contributed by atoms with Gasteiger partial charge in [0.25, 0.3) is 0 Å². The molecular weight excluding hydrogens is 941 g/mol. The van der Waals surface area contributed by atoms with Crippen LogP contribution in [0, 0.1) is 13.1 Å². The summed E-state index contributed by atoms with van der Waals surface area (Å²) in [5.74, 6) is 1.19. The highest BCUT2D eigenvalue weighted by molar-refractivity contribution is 6.77. The Hall–Kier alpha value is -3.20. The van der Waals surface area contributed by atoms with Crippen LogP contribution in [0.5, 0.6) is 11.5 Å². The molecule has 74 heavy (non-hydrogen) atoms. The third-order valence-corrected chi connectivity index (χ3v) is 20.4. The fourth-order valence-corrected chi connectivity index (χ4v) is 15.6. The second-order valence-electron chi connectivity index (χ2n) is 21.7. The van der Waals surface area contributed by atoms with Gasteiger partial charge in [-0.3, -0.25) is 0 Å². The summed E-state index contributed by atoms with van der Waals surface area (Å²) in [6, 6.07) is 0. The van der Waals surface area contributed by atoms with Crippen molar-refractivity contribution >= 4 is 20.2 Å². The van der Waals surface area contributed by atoms with Crippen LogP contribution in [0.2, 0.25) is 16.6 Å². The minimum absolute atomic E-state index is 0.0812. The largest absolute Gasteiger partial charge is 0.479 e. The topological polar surface area (TPSA) is 127 Å². The Kier molecular flexibility index (Phi) is 44.8. The monoisotopic (exact) mass is 1050 g/mol. The van der Waals surface area contributed by atoms with Gasteiger partial charge in [0.2, 0.25) is 8.32 Å². The smallest absolute Gasteiger partial charge is 0.371 e. The Morgan fingerprint density at radius 3 is 0.959 bits per heavy atom. The fourth-order valence-electron chi connectivity index (χ4n) is 10.2. The molecule has 0 aromatic carbocycles. The van der Waals surface area contributed by atoms with E-state index in [4.69, 9.17) is 36.5 Å². The van der Waals surface area contributed by atoms with Crippen molar-refractivity contribution in [3.05, 3.63) is 47.6 Å². The van der Waals surface area contributed by atoms with Crippen LogP contribution < -0.4 is 9.47 Å². The number of rotatable bonds is 49. The molecule has 2 rings (SSSR count). The van der Waals surface area contributed by atoms with Gasteiger partial charge in [-0.15, -0.1) is 13.1 Å². The SMILES string of the molecule is [C-]#[N+]c1ncc(O[C@@H](CO)COCCCCCCCCCCCCCCCCCC)cn1.[C-]#[N+]c1ncc(O[C@H](COCCCCCCCCCCCCCCCCCC)CO[Si](C(C)C)(C(C)C)C(C)C)cn1. The van der Waals surface area contributed by atoms with Crippen LogP contribution in [0.1, 0.15) is 261 Å². The lowest BCUT2D eigenvalue weighted by molar-refractivity contribution is 0.0185. The number of hydrogen-bond donors (Lipinski definition) is 1. The van der Waals surface area contributed by atoms with Gasteiger partial charge in [0.15, 0.2) is 11.5 Å². The lowest BCUT2D eigenvalue weighted by atomic mass is 10.0. The van der Waals surface area contributed by atoms with E-state index in [0.717, 1.165) is 19.4 Å². The molecule has 0 aliphatic carbocycles. The molecule has 0 saturated heterocycles.